The molecule has 0 saturated carbocycles. The molecule has 0 saturated heterocycles. The highest BCUT2D eigenvalue weighted by molar-refractivity contribution is 5.96. The summed E-state index contributed by atoms with van der Waals surface area (Å²) in [6, 6.07) is 7.79. The first kappa shape index (κ1) is 15.2. The first-order valence-electron chi connectivity index (χ1n) is 6.46. The predicted octanol–water partition coefficient (Wildman–Crippen LogP) is 2.71. The quantitative estimate of drug-likeness (QED) is 0.803. The Kier molecular flexibility index (Phi) is 5.10. The van der Waals surface area contributed by atoms with E-state index in [1.807, 2.05) is 31.2 Å². The summed E-state index contributed by atoms with van der Waals surface area (Å²) in [5.41, 5.74) is 2.21. The van der Waals surface area contributed by atoms with Crippen molar-refractivity contribution < 1.29 is 14.7 Å². The van der Waals surface area contributed by atoms with Crippen molar-refractivity contribution >= 4 is 11.9 Å². The van der Waals surface area contributed by atoms with E-state index in [9.17, 15) is 9.59 Å². The maximum Gasteiger partial charge on any atom is 0.315 e. The van der Waals surface area contributed by atoms with Gasteiger partial charge in [-0.2, -0.15) is 0 Å². The second kappa shape index (κ2) is 6.36. The van der Waals surface area contributed by atoms with Gasteiger partial charge in [-0.25, -0.2) is 0 Å². The second-order valence-corrected chi connectivity index (χ2v) is 5.11. The van der Waals surface area contributed by atoms with Crippen LogP contribution in [0.3, 0.4) is 0 Å². The van der Waals surface area contributed by atoms with Crippen molar-refractivity contribution in [3.05, 3.63) is 35.4 Å². The Labute approximate surface area is 113 Å². The van der Waals surface area contributed by atoms with Crippen molar-refractivity contribution in [3.8, 4) is 0 Å². The van der Waals surface area contributed by atoms with Gasteiger partial charge in [-0.15, -0.1) is 0 Å². The van der Waals surface area contributed by atoms with Crippen LogP contribution in [0.25, 0.3) is 0 Å². The molecule has 1 amide bonds. The molecule has 0 aliphatic heterocycles. The lowest BCUT2D eigenvalue weighted by Gasteiger charge is -2.17. The zero-order valence-corrected chi connectivity index (χ0v) is 11.8. The third-order valence-electron chi connectivity index (χ3n) is 3.23. The number of benzene rings is 1. The molecule has 0 bridgehead atoms. The van der Waals surface area contributed by atoms with E-state index < -0.39 is 17.8 Å². The Balaban J connectivity index is 2.70. The number of carbonyl (C=O) groups is 2. The SMILES string of the molecule is CC(C(=O)O)C(=O)NC(C)c1ccc(C(C)C)cc1. The van der Waals surface area contributed by atoms with Crippen LogP contribution in [0.1, 0.15) is 50.8 Å². The number of carboxylic acid groups (broad SMARTS) is 1. The fourth-order valence-electron chi connectivity index (χ4n) is 1.70. The summed E-state index contributed by atoms with van der Waals surface area (Å²) >= 11 is 0. The summed E-state index contributed by atoms with van der Waals surface area (Å²) in [5, 5.41) is 11.5. The van der Waals surface area contributed by atoms with Gasteiger partial charge in [-0.05, 0) is 30.9 Å². The Morgan fingerprint density at radius 1 is 1.00 bits per heavy atom. The average Bonchev–Trinajstić information content (AvgIpc) is 2.37. The van der Waals surface area contributed by atoms with Crippen LogP contribution >= 0.6 is 0 Å². The number of hydrogen-bond acceptors (Lipinski definition) is 2. The number of carbonyl (C=O) groups excluding carboxylic acids is 1. The molecule has 2 atom stereocenters. The highest BCUT2D eigenvalue weighted by atomic mass is 16.4. The molecule has 0 aliphatic carbocycles. The summed E-state index contributed by atoms with van der Waals surface area (Å²) in [5.74, 6) is -2.14. The summed E-state index contributed by atoms with van der Waals surface area (Å²) < 4.78 is 0. The smallest absolute Gasteiger partial charge is 0.315 e. The molecule has 2 N–H and O–H groups in total. The Morgan fingerprint density at radius 2 is 1.47 bits per heavy atom. The van der Waals surface area contributed by atoms with Crippen LogP contribution in [-0.4, -0.2) is 17.0 Å². The molecular formula is C15H21NO3. The molecule has 0 spiro atoms. The molecule has 1 rings (SSSR count). The summed E-state index contributed by atoms with van der Waals surface area (Å²) in [4.78, 5) is 22.4. The van der Waals surface area contributed by atoms with Gasteiger partial charge in [0.05, 0.1) is 6.04 Å². The lowest BCUT2D eigenvalue weighted by Crippen LogP contribution is -2.35. The lowest BCUT2D eigenvalue weighted by molar-refractivity contribution is -0.146. The molecule has 4 heteroatoms. The Bertz CT molecular complexity index is 451. The average molecular weight is 263 g/mol. The van der Waals surface area contributed by atoms with Crippen molar-refractivity contribution in [1.29, 1.82) is 0 Å². The standard InChI is InChI=1S/C15H21NO3/c1-9(2)12-5-7-13(8-6-12)11(4)16-14(17)10(3)15(18)19/h5-11H,1-4H3,(H,16,17)(H,18,19). The third-order valence-corrected chi connectivity index (χ3v) is 3.23. The van der Waals surface area contributed by atoms with Crippen molar-refractivity contribution in [1.82, 2.24) is 5.32 Å². The maximum absolute atomic E-state index is 11.7. The molecule has 2 unspecified atom stereocenters. The van der Waals surface area contributed by atoms with Crippen LogP contribution < -0.4 is 5.32 Å². The number of rotatable bonds is 5. The number of hydrogen-bond donors (Lipinski definition) is 2. The van der Waals surface area contributed by atoms with E-state index in [0.29, 0.717) is 5.92 Å². The van der Waals surface area contributed by atoms with Gasteiger partial charge < -0.3 is 10.4 Å². The van der Waals surface area contributed by atoms with E-state index in [1.54, 1.807) is 0 Å². The Hall–Kier alpha value is -1.84. The van der Waals surface area contributed by atoms with Gasteiger partial charge in [-0.3, -0.25) is 9.59 Å². The van der Waals surface area contributed by atoms with E-state index in [1.165, 1.54) is 12.5 Å². The van der Waals surface area contributed by atoms with E-state index in [4.69, 9.17) is 5.11 Å². The Morgan fingerprint density at radius 3 is 1.89 bits per heavy atom. The van der Waals surface area contributed by atoms with Crippen LogP contribution in [0.4, 0.5) is 0 Å². The van der Waals surface area contributed by atoms with Crippen molar-refractivity contribution in [2.45, 2.75) is 39.7 Å². The largest absolute Gasteiger partial charge is 0.481 e. The van der Waals surface area contributed by atoms with Crippen molar-refractivity contribution in [2.24, 2.45) is 5.92 Å². The number of aliphatic carboxylic acids is 1. The minimum Gasteiger partial charge on any atom is -0.481 e. The molecule has 19 heavy (non-hydrogen) atoms. The lowest BCUT2D eigenvalue weighted by atomic mass is 9.99. The molecular weight excluding hydrogens is 242 g/mol. The van der Waals surface area contributed by atoms with E-state index in [0.717, 1.165) is 5.56 Å². The van der Waals surface area contributed by atoms with Crippen LogP contribution in [0, 0.1) is 5.92 Å². The maximum atomic E-state index is 11.7. The van der Waals surface area contributed by atoms with Gasteiger partial charge in [0.25, 0.3) is 0 Å². The normalized spacial score (nSPS) is 13.9. The molecule has 1 aromatic carbocycles. The monoisotopic (exact) mass is 263 g/mol. The molecule has 0 aliphatic rings. The molecule has 104 valence electrons. The van der Waals surface area contributed by atoms with E-state index in [2.05, 4.69) is 19.2 Å². The van der Waals surface area contributed by atoms with Gasteiger partial charge in [0, 0.05) is 0 Å². The molecule has 0 radical (unpaired) electrons. The third kappa shape index (κ3) is 4.09. The predicted molar refractivity (Wildman–Crippen MR) is 73.9 cm³/mol. The molecule has 0 fully saturated rings. The van der Waals surface area contributed by atoms with Gasteiger partial charge in [0.1, 0.15) is 5.92 Å². The first-order chi connectivity index (χ1) is 8.82. The van der Waals surface area contributed by atoms with Gasteiger partial charge >= 0.3 is 5.97 Å². The topological polar surface area (TPSA) is 66.4 Å². The molecule has 0 heterocycles. The number of nitrogens with one attached hydrogen (secondary N) is 1. The second-order valence-electron chi connectivity index (χ2n) is 5.11. The zero-order valence-electron chi connectivity index (χ0n) is 11.8. The van der Waals surface area contributed by atoms with E-state index >= 15 is 0 Å². The summed E-state index contributed by atoms with van der Waals surface area (Å²) in [6.45, 7) is 7.46. The van der Waals surface area contributed by atoms with Crippen molar-refractivity contribution in [3.63, 3.8) is 0 Å². The van der Waals surface area contributed by atoms with E-state index in [-0.39, 0.29) is 6.04 Å². The zero-order chi connectivity index (χ0) is 14.6. The fraction of sp³-hybridized carbons (Fsp3) is 0.467. The molecule has 4 nitrogen and oxygen atoms in total. The highest BCUT2D eigenvalue weighted by Crippen LogP contribution is 2.18. The van der Waals surface area contributed by atoms with Gasteiger partial charge in [-0.1, -0.05) is 38.1 Å². The number of amides is 1. The van der Waals surface area contributed by atoms with Crippen LogP contribution in [0.15, 0.2) is 24.3 Å². The van der Waals surface area contributed by atoms with Gasteiger partial charge in [0.2, 0.25) is 5.91 Å². The highest BCUT2D eigenvalue weighted by Gasteiger charge is 2.22. The number of carboxylic acids is 1. The summed E-state index contributed by atoms with van der Waals surface area (Å²) in [6.07, 6.45) is 0. The van der Waals surface area contributed by atoms with Crippen LogP contribution in [0.5, 0.6) is 0 Å². The minimum absolute atomic E-state index is 0.199. The summed E-state index contributed by atoms with van der Waals surface area (Å²) in [7, 11) is 0. The van der Waals surface area contributed by atoms with Crippen LogP contribution in [-0.2, 0) is 9.59 Å². The van der Waals surface area contributed by atoms with Crippen LogP contribution in [0.2, 0.25) is 0 Å². The molecule has 1 aromatic rings. The van der Waals surface area contributed by atoms with Crippen molar-refractivity contribution in [2.75, 3.05) is 0 Å². The molecule has 0 aromatic heterocycles. The fourth-order valence-corrected chi connectivity index (χ4v) is 1.70. The minimum atomic E-state index is -1.11. The van der Waals surface area contributed by atoms with Gasteiger partial charge in [0.15, 0.2) is 0 Å². The first-order valence-corrected chi connectivity index (χ1v) is 6.46.